The fourth-order valence-corrected chi connectivity index (χ4v) is 2.19. The number of nitrogens with zero attached hydrogens (tertiary/aromatic N) is 1. The molecule has 1 heterocycles. The van der Waals surface area contributed by atoms with Crippen LogP contribution in [-0.2, 0) is 17.8 Å². The van der Waals surface area contributed by atoms with E-state index in [4.69, 9.17) is 9.15 Å². The fraction of sp³-hybridized carbons (Fsp3) is 0.353. The molecule has 1 aromatic heterocycles. The van der Waals surface area contributed by atoms with E-state index in [0.717, 1.165) is 12.1 Å². The molecule has 0 spiro atoms. The average Bonchev–Trinajstić information content (AvgIpc) is 2.95. The van der Waals surface area contributed by atoms with Gasteiger partial charge in [0.25, 0.3) is 0 Å². The Bertz CT molecular complexity index is 575. The Morgan fingerprint density at radius 1 is 1.19 bits per heavy atom. The van der Waals surface area contributed by atoms with Gasteiger partial charge < -0.3 is 9.15 Å². The minimum Gasteiger partial charge on any atom is -0.463 e. The maximum absolute atomic E-state index is 11.7. The highest BCUT2D eigenvalue weighted by atomic mass is 16.5. The molecule has 0 unspecified atom stereocenters. The largest absolute Gasteiger partial charge is 0.463 e. The van der Waals surface area contributed by atoms with Crippen LogP contribution in [0.15, 0.2) is 47.1 Å². The van der Waals surface area contributed by atoms with Gasteiger partial charge in [-0.1, -0.05) is 30.3 Å². The maximum atomic E-state index is 11.7. The summed E-state index contributed by atoms with van der Waals surface area (Å²) in [6, 6.07) is 12.5. The second-order valence-corrected chi connectivity index (χ2v) is 5.25. The van der Waals surface area contributed by atoms with Crippen molar-refractivity contribution in [1.29, 1.82) is 0 Å². The van der Waals surface area contributed by atoms with Crippen molar-refractivity contribution in [1.82, 2.24) is 4.90 Å². The predicted molar refractivity (Wildman–Crippen MR) is 80.9 cm³/mol. The Hall–Kier alpha value is -2.07. The van der Waals surface area contributed by atoms with E-state index in [1.165, 1.54) is 18.9 Å². The molecule has 4 nitrogen and oxygen atoms in total. The molecule has 2 aromatic rings. The van der Waals surface area contributed by atoms with Crippen molar-refractivity contribution < 1.29 is 13.9 Å². The molecule has 0 amide bonds. The predicted octanol–water partition coefficient (Wildman–Crippen LogP) is 3.48. The third kappa shape index (κ3) is 3.95. The summed E-state index contributed by atoms with van der Waals surface area (Å²) in [4.78, 5) is 14.0. The number of methoxy groups -OCH3 is 1. The molecule has 0 N–H and O–H groups in total. The maximum Gasteiger partial charge on any atom is 0.374 e. The van der Waals surface area contributed by atoms with Crippen LogP contribution in [0.1, 0.15) is 35.5 Å². The van der Waals surface area contributed by atoms with E-state index in [9.17, 15) is 4.79 Å². The van der Waals surface area contributed by atoms with Crippen molar-refractivity contribution in [3.05, 3.63) is 59.5 Å². The number of carbonyl (C=O) groups excluding carboxylic acids is 1. The van der Waals surface area contributed by atoms with E-state index in [2.05, 4.69) is 30.9 Å². The summed E-state index contributed by atoms with van der Waals surface area (Å²) < 4.78 is 9.99. The van der Waals surface area contributed by atoms with Gasteiger partial charge in [-0.25, -0.2) is 4.79 Å². The molecule has 0 aliphatic carbocycles. The van der Waals surface area contributed by atoms with Gasteiger partial charge in [0.15, 0.2) is 0 Å². The van der Waals surface area contributed by atoms with E-state index in [1.807, 2.05) is 24.3 Å². The van der Waals surface area contributed by atoms with Gasteiger partial charge in [0, 0.05) is 24.7 Å². The number of ether oxygens (including phenoxy) is 1. The summed E-state index contributed by atoms with van der Waals surface area (Å²) in [5, 5.41) is 0. The van der Waals surface area contributed by atoms with Crippen molar-refractivity contribution in [2.45, 2.75) is 33.0 Å². The van der Waals surface area contributed by atoms with Crippen LogP contribution < -0.4 is 0 Å². The molecule has 4 heteroatoms. The Morgan fingerprint density at radius 3 is 2.52 bits per heavy atom. The smallest absolute Gasteiger partial charge is 0.374 e. The van der Waals surface area contributed by atoms with Crippen LogP contribution in [0, 0.1) is 0 Å². The zero-order chi connectivity index (χ0) is 15.2. The normalized spacial score (nSPS) is 11.1. The number of benzene rings is 1. The van der Waals surface area contributed by atoms with Crippen LogP contribution in [0.5, 0.6) is 0 Å². The number of hydrogen-bond acceptors (Lipinski definition) is 4. The molecule has 21 heavy (non-hydrogen) atoms. The topological polar surface area (TPSA) is 42.7 Å². The Labute approximate surface area is 125 Å². The van der Waals surface area contributed by atoms with Gasteiger partial charge in [-0.3, -0.25) is 4.90 Å². The molecule has 0 radical (unpaired) electrons. The van der Waals surface area contributed by atoms with E-state index in [-0.39, 0.29) is 5.76 Å². The van der Waals surface area contributed by atoms with Crippen molar-refractivity contribution in [2.75, 3.05) is 7.11 Å². The van der Waals surface area contributed by atoms with Crippen molar-refractivity contribution >= 4 is 5.97 Å². The highest BCUT2D eigenvalue weighted by molar-refractivity contribution is 5.87. The number of carbonyl (C=O) groups is 1. The average molecular weight is 287 g/mol. The molecule has 0 aliphatic rings. The van der Waals surface area contributed by atoms with Gasteiger partial charge in [-0.15, -0.1) is 0 Å². The summed E-state index contributed by atoms with van der Waals surface area (Å²) in [6.07, 6.45) is 1.53. The van der Waals surface area contributed by atoms with E-state index in [1.54, 1.807) is 0 Å². The van der Waals surface area contributed by atoms with Gasteiger partial charge in [-0.2, -0.15) is 0 Å². The number of esters is 1. The Morgan fingerprint density at radius 2 is 1.90 bits per heavy atom. The zero-order valence-electron chi connectivity index (χ0n) is 12.7. The minimum absolute atomic E-state index is 0.288. The molecule has 0 aliphatic heterocycles. The highest BCUT2D eigenvalue weighted by Gasteiger charge is 2.19. The summed E-state index contributed by atoms with van der Waals surface area (Å²) >= 11 is 0. The first-order valence-corrected chi connectivity index (χ1v) is 7.04. The molecule has 112 valence electrons. The number of furan rings is 1. The lowest BCUT2D eigenvalue weighted by Gasteiger charge is -2.26. The summed E-state index contributed by atoms with van der Waals surface area (Å²) in [5.41, 5.74) is 2.10. The molecule has 2 rings (SSSR count). The lowest BCUT2D eigenvalue weighted by Crippen LogP contribution is -2.30. The first kappa shape index (κ1) is 15.3. The molecule has 0 atom stereocenters. The fourth-order valence-electron chi connectivity index (χ4n) is 2.19. The standard InChI is InChI=1S/C17H21NO3/c1-13(2)18(11-14-7-5-4-6-8-14)12-15-9-10-21-16(15)17(19)20-3/h4-10,13H,11-12H2,1-3H3. The summed E-state index contributed by atoms with van der Waals surface area (Å²) in [5.74, 6) is -0.144. The number of hydrogen-bond donors (Lipinski definition) is 0. The van der Waals surface area contributed by atoms with E-state index in [0.29, 0.717) is 12.6 Å². The lowest BCUT2D eigenvalue weighted by atomic mass is 10.1. The highest BCUT2D eigenvalue weighted by Crippen LogP contribution is 2.18. The van der Waals surface area contributed by atoms with Crippen LogP contribution in [0.25, 0.3) is 0 Å². The van der Waals surface area contributed by atoms with Gasteiger partial charge in [0.2, 0.25) is 5.76 Å². The first-order valence-electron chi connectivity index (χ1n) is 7.04. The molecule has 0 fully saturated rings. The van der Waals surface area contributed by atoms with E-state index < -0.39 is 5.97 Å². The van der Waals surface area contributed by atoms with Gasteiger partial charge >= 0.3 is 5.97 Å². The summed E-state index contributed by atoms with van der Waals surface area (Å²) in [7, 11) is 1.36. The van der Waals surface area contributed by atoms with Crippen molar-refractivity contribution in [3.8, 4) is 0 Å². The molecule has 0 bridgehead atoms. The molecular formula is C17H21NO3. The quantitative estimate of drug-likeness (QED) is 0.763. The third-order valence-electron chi connectivity index (χ3n) is 3.45. The van der Waals surface area contributed by atoms with Crippen LogP contribution in [-0.4, -0.2) is 24.0 Å². The lowest BCUT2D eigenvalue weighted by molar-refractivity contribution is 0.0560. The number of rotatable bonds is 6. The Balaban J connectivity index is 2.14. The van der Waals surface area contributed by atoms with Crippen molar-refractivity contribution in [3.63, 3.8) is 0 Å². The third-order valence-corrected chi connectivity index (χ3v) is 3.45. The second kappa shape index (κ2) is 7.09. The van der Waals surface area contributed by atoms with Crippen LogP contribution in [0.4, 0.5) is 0 Å². The molecule has 0 saturated heterocycles. The van der Waals surface area contributed by atoms with Gasteiger partial charge in [-0.05, 0) is 25.5 Å². The molecule has 0 saturated carbocycles. The van der Waals surface area contributed by atoms with Gasteiger partial charge in [0.05, 0.1) is 13.4 Å². The monoisotopic (exact) mass is 287 g/mol. The molecular weight excluding hydrogens is 266 g/mol. The van der Waals surface area contributed by atoms with Crippen LogP contribution in [0.3, 0.4) is 0 Å². The van der Waals surface area contributed by atoms with Crippen LogP contribution >= 0.6 is 0 Å². The first-order chi connectivity index (χ1) is 10.1. The molecule has 1 aromatic carbocycles. The second-order valence-electron chi connectivity index (χ2n) is 5.25. The van der Waals surface area contributed by atoms with Gasteiger partial charge in [0.1, 0.15) is 0 Å². The SMILES string of the molecule is COC(=O)c1occc1CN(Cc1ccccc1)C(C)C. The summed E-state index contributed by atoms with van der Waals surface area (Å²) in [6.45, 7) is 5.75. The van der Waals surface area contributed by atoms with E-state index >= 15 is 0 Å². The van der Waals surface area contributed by atoms with Crippen molar-refractivity contribution in [2.24, 2.45) is 0 Å². The Kier molecular flexibility index (Phi) is 5.17. The minimum atomic E-state index is -0.432. The van der Waals surface area contributed by atoms with Crippen LogP contribution in [0.2, 0.25) is 0 Å². The zero-order valence-corrected chi connectivity index (χ0v) is 12.7.